The van der Waals surface area contributed by atoms with Crippen molar-refractivity contribution in [2.75, 3.05) is 13.1 Å². The van der Waals surface area contributed by atoms with Gasteiger partial charge in [-0.05, 0) is 12.5 Å². The number of carbonyl (C=O) groups excluding carboxylic acids is 1. The number of aliphatic carboxylic acids is 1. The van der Waals surface area contributed by atoms with Crippen LogP contribution < -0.4 is 10.6 Å². The van der Waals surface area contributed by atoms with Gasteiger partial charge in [0.05, 0.1) is 6.54 Å². The van der Waals surface area contributed by atoms with Gasteiger partial charge in [0, 0.05) is 25.5 Å². The highest BCUT2D eigenvalue weighted by atomic mass is 16.4. The number of aryl methyl sites for hydroxylation is 1. The fourth-order valence-corrected chi connectivity index (χ4v) is 1.21. The summed E-state index contributed by atoms with van der Waals surface area (Å²) in [5.41, 5.74) is 0. The van der Waals surface area contributed by atoms with Crippen molar-refractivity contribution in [3.05, 3.63) is 18.5 Å². The summed E-state index contributed by atoms with van der Waals surface area (Å²) in [6.45, 7) is 0.806. The van der Waals surface area contributed by atoms with Crippen molar-refractivity contribution in [1.82, 2.24) is 20.4 Å². The first kappa shape index (κ1) is 14.0. The second-order valence-corrected chi connectivity index (χ2v) is 3.61. The zero-order chi connectivity index (χ0) is 13.4. The Morgan fingerprint density at radius 2 is 2.17 bits per heavy atom. The van der Waals surface area contributed by atoms with Crippen LogP contribution in [0.5, 0.6) is 0 Å². The number of urea groups is 1. The van der Waals surface area contributed by atoms with Crippen molar-refractivity contribution in [3.8, 4) is 0 Å². The van der Waals surface area contributed by atoms with Crippen molar-refractivity contribution >= 4 is 12.0 Å². The number of nitrogens with zero attached hydrogens (tertiary/aromatic N) is 2. The first-order valence-corrected chi connectivity index (χ1v) is 5.49. The first-order chi connectivity index (χ1) is 8.59. The lowest BCUT2D eigenvalue weighted by Crippen LogP contribution is -2.42. The standard InChI is InChI=1S/C10H16N4O4/c15-8(9(16)17)7-12-10(18)11-3-1-5-14-6-2-4-13-14/h2,4,6,8,15H,1,3,5,7H2,(H,16,17)(H2,11,12,18). The molecule has 0 aliphatic rings. The van der Waals surface area contributed by atoms with Gasteiger partial charge in [-0.1, -0.05) is 0 Å². The van der Waals surface area contributed by atoms with Crippen LogP contribution in [0.15, 0.2) is 18.5 Å². The minimum Gasteiger partial charge on any atom is -0.479 e. The predicted octanol–water partition coefficient (Wildman–Crippen LogP) is -0.982. The number of hydrogen-bond acceptors (Lipinski definition) is 4. The summed E-state index contributed by atoms with van der Waals surface area (Å²) in [4.78, 5) is 21.5. The van der Waals surface area contributed by atoms with Crippen LogP contribution in [0.25, 0.3) is 0 Å². The molecule has 8 nitrogen and oxygen atoms in total. The fraction of sp³-hybridized carbons (Fsp3) is 0.500. The van der Waals surface area contributed by atoms with E-state index >= 15 is 0 Å². The molecule has 18 heavy (non-hydrogen) atoms. The van der Waals surface area contributed by atoms with E-state index in [0.717, 1.165) is 0 Å². The second kappa shape index (κ2) is 7.28. The van der Waals surface area contributed by atoms with Crippen LogP contribution in [0.2, 0.25) is 0 Å². The van der Waals surface area contributed by atoms with E-state index in [0.29, 0.717) is 19.5 Å². The van der Waals surface area contributed by atoms with E-state index in [2.05, 4.69) is 15.7 Å². The highest BCUT2D eigenvalue weighted by molar-refractivity contribution is 5.76. The highest BCUT2D eigenvalue weighted by Gasteiger charge is 2.13. The van der Waals surface area contributed by atoms with Crippen LogP contribution in [0.3, 0.4) is 0 Å². The van der Waals surface area contributed by atoms with Gasteiger partial charge in [-0.15, -0.1) is 0 Å². The molecule has 1 aromatic heterocycles. The lowest BCUT2D eigenvalue weighted by atomic mass is 10.3. The molecule has 1 unspecified atom stereocenters. The average Bonchev–Trinajstić information content (AvgIpc) is 2.84. The Labute approximate surface area is 104 Å². The van der Waals surface area contributed by atoms with E-state index in [9.17, 15) is 9.59 Å². The van der Waals surface area contributed by atoms with Gasteiger partial charge >= 0.3 is 12.0 Å². The molecular weight excluding hydrogens is 240 g/mol. The third kappa shape index (κ3) is 5.30. The molecule has 4 N–H and O–H groups in total. The summed E-state index contributed by atoms with van der Waals surface area (Å²) < 4.78 is 1.74. The molecule has 1 heterocycles. The Hall–Kier alpha value is -2.09. The fourth-order valence-electron chi connectivity index (χ4n) is 1.21. The Morgan fingerprint density at radius 1 is 1.39 bits per heavy atom. The molecule has 1 atom stereocenters. The normalized spacial score (nSPS) is 11.8. The third-order valence-corrected chi connectivity index (χ3v) is 2.15. The molecule has 2 amide bonds. The molecule has 0 saturated heterocycles. The van der Waals surface area contributed by atoms with E-state index in [4.69, 9.17) is 10.2 Å². The number of aromatic nitrogens is 2. The molecule has 0 aromatic carbocycles. The van der Waals surface area contributed by atoms with Crippen LogP contribution in [-0.4, -0.2) is 51.2 Å². The van der Waals surface area contributed by atoms with Crippen LogP contribution in [-0.2, 0) is 11.3 Å². The Balaban J connectivity index is 2.05. The maximum absolute atomic E-state index is 11.2. The van der Waals surface area contributed by atoms with E-state index in [1.165, 1.54) is 0 Å². The van der Waals surface area contributed by atoms with E-state index in [-0.39, 0.29) is 6.54 Å². The maximum atomic E-state index is 11.2. The third-order valence-electron chi connectivity index (χ3n) is 2.15. The molecular formula is C10H16N4O4. The summed E-state index contributed by atoms with van der Waals surface area (Å²) in [5, 5.41) is 26.1. The zero-order valence-electron chi connectivity index (χ0n) is 9.74. The van der Waals surface area contributed by atoms with E-state index in [1.54, 1.807) is 10.9 Å². The minimum absolute atomic E-state index is 0.319. The molecule has 8 heteroatoms. The van der Waals surface area contributed by atoms with Gasteiger partial charge in [0.2, 0.25) is 0 Å². The summed E-state index contributed by atoms with van der Waals surface area (Å²) in [6, 6.07) is 1.31. The molecule has 100 valence electrons. The van der Waals surface area contributed by atoms with Crippen molar-refractivity contribution in [2.45, 2.75) is 19.1 Å². The van der Waals surface area contributed by atoms with Gasteiger partial charge < -0.3 is 20.8 Å². The number of carbonyl (C=O) groups is 2. The number of carboxylic acids is 1. The molecule has 0 bridgehead atoms. The van der Waals surface area contributed by atoms with Gasteiger partial charge in [-0.3, -0.25) is 4.68 Å². The van der Waals surface area contributed by atoms with Crippen molar-refractivity contribution in [1.29, 1.82) is 0 Å². The highest BCUT2D eigenvalue weighted by Crippen LogP contribution is 1.87. The summed E-state index contributed by atoms with van der Waals surface area (Å²) in [7, 11) is 0. The number of nitrogens with one attached hydrogen (secondary N) is 2. The number of aliphatic hydroxyl groups is 1. The van der Waals surface area contributed by atoms with Gasteiger partial charge in [-0.25, -0.2) is 9.59 Å². The summed E-state index contributed by atoms with van der Waals surface area (Å²) >= 11 is 0. The number of carboxylic acid groups (broad SMARTS) is 1. The van der Waals surface area contributed by atoms with Crippen molar-refractivity contribution < 1.29 is 19.8 Å². The lowest BCUT2D eigenvalue weighted by Gasteiger charge is -2.09. The topological polar surface area (TPSA) is 116 Å². The largest absolute Gasteiger partial charge is 0.479 e. The Bertz CT molecular complexity index is 379. The van der Waals surface area contributed by atoms with Crippen LogP contribution >= 0.6 is 0 Å². The quantitative estimate of drug-likeness (QED) is 0.468. The molecule has 1 aromatic rings. The monoisotopic (exact) mass is 256 g/mol. The molecule has 1 rings (SSSR count). The second-order valence-electron chi connectivity index (χ2n) is 3.61. The molecule has 0 aliphatic heterocycles. The lowest BCUT2D eigenvalue weighted by molar-refractivity contribution is -0.146. The number of hydrogen-bond donors (Lipinski definition) is 4. The minimum atomic E-state index is -1.58. The molecule has 0 aliphatic carbocycles. The number of amides is 2. The van der Waals surface area contributed by atoms with E-state index in [1.807, 2.05) is 12.3 Å². The molecule has 0 radical (unpaired) electrons. The van der Waals surface area contributed by atoms with Crippen LogP contribution in [0.4, 0.5) is 4.79 Å². The zero-order valence-corrected chi connectivity index (χ0v) is 9.74. The number of aliphatic hydroxyl groups excluding tert-OH is 1. The van der Waals surface area contributed by atoms with Crippen LogP contribution in [0, 0.1) is 0 Å². The van der Waals surface area contributed by atoms with Crippen molar-refractivity contribution in [3.63, 3.8) is 0 Å². The van der Waals surface area contributed by atoms with E-state index < -0.39 is 18.1 Å². The molecule has 0 saturated carbocycles. The molecule has 0 spiro atoms. The van der Waals surface area contributed by atoms with Gasteiger partial charge in [0.15, 0.2) is 6.10 Å². The van der Waals surface area contributed by atoms with Crippen LogP contribution in [0.1, 0.15) is 6.42 Å². The smallest absolute Gasteiger partial charge is 0.334 e. The average molecular weight is 256 g/mol. The predicted molar refractivity (Wildman–Crippen MR) is 61.9 cm³/mol. The van der Waals surface area contributed by atoms with Crippen molar-refractivity contribution in [2.24, 2.45) is 0 Å². The van der Waals surface area contributed by atoms with Gasteiger partial charge in [0.25, 0.3) is 0 Å². The number of rotatable bonds is 7. The Morgan fingerprint density at radius 3 is 2.78 bits per heavy atom. The summed E-state index contributed by atoms with van der Waals surface area (Å²) in [5.74, 6) is -1.37. The SMILES string of the molecule is O=C(NCCCn1cccn1)NCC(O)C(=O)O. The Kier molecular flexibility index (Phi) is 5.65. The maximum Gasteiger partial charge on any atom is 0.334 e. The van der Waals surface area contributed by atoms with Gasteiger partial charge in [0.1, 0.15) is 0 Å². The van der Waals surface area contributed by atoms with Gasteiger partial charge in [-0.2, -0.15) is 5.10 Å². The first-order valence-electron chi connectivity index (χ1n) is 5.49. The molecule has 0 fully saturated rings. The summed E-state index contributed by atoms with van der Waals surface area (Å²) in [6.07, 6.45) is 2.62.